The predicted octanol–water partition coefficient (Wildman–Crippen LogP) is 3.93. The second-order valence-electron chi connectivity index (χ2n) is 7.29. The largest absolute Gasteiger partial charge is 0.448 e. The summed E-state index contributed by atoms with van der Waals surface area (Å²) in [6.07, 6.45) is -4.50. The number of nitrogens with zero attached hydrogens (tertiary/aromatic N) is 1. The number of esters is 1. The number of rotatable bonds is 5. The monoisotopic (exact) mass is 460 g/mol. The molecule has 0 aromatic heterocycles. The van der Waals surface area contributed by atoms with Crippen LogP contribution in [-0.4, -0.2) is 40.1 Å². The first kappa shape index (κ1) is 22.2. The summed E-state index contributed by atoms with van der Waals surface area (Å²) in [5.74, 6) is -1.31. The first-order valence-corrected chi connectivity index (χ1v) is 10.8. The van der Waals surface area contributed by atoms with Crippen molar-refractivity contribution in [3.05, 3.63) is 95.2 Å². The molecule has 2 aliphatic heterocycles. The molecule has 1 fully saturated rings. The second kappa shape index (κ2) is 8.84. The van der Waals surface area contributed by atoms with Gasteiger partial charge in [-0.2, -0.15) is 13.2 Å². The van der Waals surface area contributed by atoms with Gasteiger partial charge in [-0.15, -0.1) is 11.8 Å². The molecule has 1 saturated heterocycles. The fourth-order valence-electron chi connectivity index (χ4n) is 3.60. The molecular formula is C23H19F3N2O3S. The van der Waals surface area contributed by atoms with Gasteiger partial charge in [-0.05, 0) is 16.7 Å². The van der Waals surface area contributed by atoms with Gasteiger partial charge in [0.1, 0.15) is 17.1 Å². The number of alkyl halides is 3. The van der Waals surface area contributed by atoms with E-state index in [0.29, 0.717) is 11.1 Å². The van der Waals surface area contributed by atoms with E-state index in [1.54, 1.807) is 48.5 Å². The summed E-state index contributed by atoms with van der Waals surface area (Å²) in [7, 11) is 0. The third kappa shape index (κ3) is 4.44. The number of carbonyl (C=O) groups is 2. The lowest BCUT2D eigenvalue weighted by molar-refractivity contribution is -0.153. The fourth-order valence-corrected chi connectivity index (χ4v) is 4.86. The molecule has 2 aromatic carbocycles. The van der Waals surface area contributed by atoms with E-state index in [9.17, 15) is 22.8 Å². The molecule has 0 spiro atoms. The quantitative estimate of drug-likeness (QED) is 0.541. The number of nitrogens with two attached hydrogens (primary N) is 1. The highest BCUT2D eigenvalue weighted by molar-refractivity contribution is 8.00. The third-order valence-electron chi connectivity index (χ3n) is 5.14. The third-order valence-corrected chi connectivity index (χ3v) is 6.46. The lowest BCUT2D eigenvalue weighted by atomic mass is 10.0. The molecular weight excluding hydrogens is 441 g/mol. The van der Waals surface area contributed by atoms with Gasteiger partial charge >= 0.3 is 12.1 Å². The molecule has 2 N–H and O–H groups in total. The zero-order valence-corrected chi connectivity index (χ0v) is 17.5. The van der Waals surface area contributed by atoms with Crippen LogP contribution < -0.4 is 5.73 Å². The molecule has 166 valence electrons. The van der Waals surface area contributed by atoms with Crippen LogP contribution in [0.25, 0.3) is 0 Å². The van der Waals surface area contributed by atoms with Crippen LogP contribution in [-0.2, 0) is 14.3 Å². The number of hydrogen-bond donors (Lipinski definition) is 1. The van der Waals surface area contributed by atoms with Gasteiger partial charge in [0.2, 0.25) is 5.91 Å². The Bertz CT molecular complexity index is 1030. The van der Waals surface area contributed by atoms with Crippen molar-refractivity contribution < 1.29 is 27.5 Å². The van der Waals surface area contributed by atoms with Gasteiger partial charge < -0.3 is 10.5 Å². The van der Waals surface area contributed by atoms with Gasteiger partial charge in [0.05, 0.1) is 0 Å². The van der Waals surface area contributed by atoms with E-state index in [0.717, 1.165) is 11.0 Å². The average Bonchev–Trinajstić information content (AvgIpc) is 2.80. The zero-order chi connectivity index (χ0) is 22.9. The van der Waals surface area contributed by atoms with Crippen LogP contribution in [0.4, 0.5) is 13.2 Å². The maximum Gasteiger partial charge on any atom is 0.409 e. The van der Waals surface area contributed by atoms with Crippen molar-refractivity contribution in [1.29, 1.82) is 0 Å². The van der Waals surface area contributed by atoms with E-state index in [1.165, 1.54) is 11.8 Å². The molecule has 2 aliphatic rings. The first-order chi connectivity index (χ1) is 15.3. The number of carbonyl (C=O) groups excluding carboxylic acids is 2. The first-order valence-electron chi connectivity index (χ1n) is 9.76. The summed E-state index contributed by atoms with van der Waals surface area (Å²) in [4.78, 5) is 26.8. The molecule has 0 saturated carbocycles. The highest BCUT2D eigenvalue weighted by atomic mass is 32.2. The summed E-state index contributed by atoms with van der Waals surface area (Å²) >= 11 is 1.21. The Balaban J connectivity index is 1.72. The van der Waals surface area contributed by atoms with E-state index < -0.39 is 35.6 Å². The number of β-lactam (4-membered cyclic amide) rings is 1. The van der Waals surface area contributed by atoms with Crippen molar-refractivity contribution in [2.45, 2.75) is 23.7 Å². The van der Waals surface area contributed by atoms with Gasteiger partial charge in [0.15, 0.2) is 6.10 Å². The minimum Gasteiger partial charge on any atom is -0.448 e. The highest BCUT2D eigenvalue weighted by Crippen LogP contribution is 2.41. The van der Waals surface area contributed by atoms with Crippen LogP contribution in [0.3, 0.4) is 0 Å². The molecule has 0 radical (unpaired) electrons. The van der Waals surface area contributed by atoms with Gasteiger partial charge in [-0.1, -0.05) is 66.7 Å². The molecule has 0 bridgehead atoms. The number of thioether (sulfide) groups is 1. The zero-order valence-electron chi connectivity index (χ0n) is 16.7. The predicted molar refractivity (Wildman–Crippen MR) is 114 cm³/mol. The summed E-state index contributed by atoms with van der Waals surface area (Å²) in [5, 5.41) is -0.514. The summed E-state index contributed by atoms with van der Waals surface area (Å²) in [5.41, 5.74) is 7.07. The Kier molecular flexibility index (Phi) is 6.12. The normalized spacial score (nSPS) is 21.0. The molecule has 1 amide bonds. The van der Waals surface area contributed by atoms with Crippen molar-refractivity contribution in [2.24, 2.45) is 5.73 Å². The van der Waals surface area contributed by atoms with Crippen molar-refractivity contribution in [3.8, 4) is 0 Å². The molecule has 2 aromatic rings. The smallest absolute Gasteiger partial charge is 0.409 e. The fraction of sp³-hybridized carbons (Fsp3) is 0.217. The Hall–Kier alpha value is -3.04. The lowest BCUT2D eigenvalue weighted by Crippen LogP contribution is -2.68. The molecule has 32 heavy (non-hydrogen) atoms. The minimum atomic E-state index is -4.56. The van der Waals surface area contributed by atoms with Crippen molar-refractivity contribution in [1.82, 2.24) is 4.90 Å². The molecule has 9 heteroatoms. The maximum absolute atomic E-state index is 13.3. The van der Waals surface area contributed by atoms with Crippen LogP contribution in [0.2, 0.25) is 0 Å². The van der Waals surface area contributed by atoms with Gasteiger partial charge in [-0.25, -0.2) is 4.79 Å². The number of fused-ring (bicyclic) bond motifs is 1. The molecule has 2 atom stereocenters. The van der Waals surface area contributed by atoms with Crippen LogP contribution >= 0.6 is 11.8 Å². The number of benzene rings is 2. The summed E-state index contributed by atoms with van der Waals surface area (Å²) < 4.78 is 44.2. The summed E-state index contributed by atoms with van der Waals surface area (Å²) in [6.45, 7) is 0. The molecule has 4 rings (SSSR count). The maximum atomic E-state index is 13.3. The van der Waals surface area contributed by atoms with Crippen molar-refractivity contribution in [3.63, 3.8) is 0 Å². The standard InChI is InChI=1S/C23H19F3N2O3S/c24-23(25,26)12-11-16-13-32-21-17(27)20(29)28(21)18(16)22(30)31-19(14-7-3-1-4-8-14)15-9-5-2-6-10-15/h1-12,17,19,21H,13,27H2/t17?,21-/m1/s1. The lowest BCUT2D eigenvalue weighted by Gasteiger charge is -2.48. The van der Waals surface area contributed by atoms with E-state index in [2.05, 4.69) is 0 Å². The number of allylic oxidation sites excluding steroid dienone is 2. The van der Waals surface area contributed by atoms with E-state index >= 15 is 0 Å². The SMILES string of the molecule is NC1C(=O)N2C(C(=O)OC(c3ccccc3)c3ccccc3)=C(C=CC(F)(F)F)CS[C@H]12. The molecule has 0 aliphatic carbocycles. The van der Waals surface area contributed by atoms with Crippen LogP contribution in [0.15, 0.2) is 84.1 Å². The Labute approximate surface area is 186 Å². The second-order valence-corrected chi connectivity index (χ2v) is 8.40. The van der Waals surface area contributed by atoms with Gasteiger partial charge in [0, 0.05) is 11.8 Å². The van der Waals surface area contributed by atoms with Crippen molar-refractivity contribution in [2.75, 3.05) is 5.75 Å². The highest BCUT2D eigenvalue weighted by Gasteiger charge is 2.52. The Morgan fingerprint density at radius 2 is 1.66 bits per heavy atom. The van der Waals surface area contributed by atoms with E-state index in [4.69, 9.17) is 10.5 Å². The average molecular weight is 460 g/mol. The molecule has 1 unspecified atom stereocenters. The van der Waals surface area contributed by atoms with Gasteiger partial charge in [-0.3, -0.25) is 9.69 Å². The van der Waals surface area contributed by atoms with E-state index in [-0.39, 0.29) is 23.1 Å². The Morgan fingerprint density at radius 3 is 2.19 bits per heavy atom. The molecule has 2 heterocycles. The van der Waals surface area contributed by atoms with Crippen LogP contribution in [0.5, 0.6) is 0 Å². The minimum absolute atomic E-state index is 0.0482. The van der Waals surface area contributed by atoms with Gasteiger partial charge in [0.25, 0.3) is 0 Å². The number of halogens is 3. The van der Waals surface area contributed by atoms with Crippen molar-refractivity contribution >= 4 is 23.6 Å². The number of amides is 1. The van der Waals surface area contributed by atoms with Crippen LogP contribution in [0, 0.1) is 0 Å². The number of hydrogen-bond acceptors (Lipinski definition) is 5. The van der Waals surface area contributed by atoms with Crippen LogP contribution in [0.1, 0.15) is 17.2 Å². The summed E-state index contributed by atoms with van der Waals surface area (Å²) in [6, 6.07) is 17.1. The van der Waals surface area contributed by atoms with E-state index in [1.807, 2.05) is 12.1 Å². The Morgan fingerprint density at radius 1 is 1.09 bits per heavy atom. The topological polar surface area (TPSA) is 72.6 Å². The number of ether oxygens (including phenoxy) is 1. The molecule has 5 nitrogen and oxygen atoms in total.